The highest BCUT2D eigenvalue weighted by molar-refractivity contribution is 9.10. The number of carbonyl (C=O) groups is 1. The van der Waals surface area contributed by atoms with Crippen molar-refractivity contribution in [1.29, 1.82) is 0 Å². The molecule has 1 amide bonds. The van der Waals surface area contributed by atoms with Gasteiger partial charge in [-0.1, -0.05) is 15.9 Å². The maximum atomic E-state index is 12.0. The van der Waals surface area contributed by atoms with Crippen LogP contribution < -0.4 is 10.1 Å². The molecule has 1 fully saturated rings. The van der Waals surface area contributed by atoms with Crippen molar-refractivity contribution in [3.63, 3.8) is 0 Å². The van der Waals surface area contributed by atoms with E-state index in [9.17, 15) is 4.79 Å². The number of ether oxygens (including phenoxy) is 1. The Kier molecular flexibility index (Phi) is 5.86. The lowest BCUT2D eigenvalue weighted by Crippen LogP contribution is -2.38. The van der Waals surface area contributed by atoms with Crippen LogP contribution in [0, 0.1) is 0 Å². The molecular weight excluding hydrogens is 320 g/mol. The van der Waals surface area contributed by atoms with Crippen molar-refractivity contribution in [1.82, 2.24) is 10.2 Å². The van der Waals surface area contributed by atoms with E-state index in [1.54, 1.807) is 0 Å². The van der Waals surface area contributed by atoms with Crippen LogP contribution in [0.3, 0.4) is 0 Å². The topological polar surface area (TPSA) is 41.6 Å². The van der Waals surface area contributed by atoms with Crippen molar-refractivity contribution in [2.24, 2.45) is 0 Å². The van der Waals surface area contributed by atoms with E-state index >= 15 is 0 Å². The molecule has 1 aromatic rings. The molecule has 1 heterocycles. The second-order valence-corrected chi connectivity index (χ2v) is 5.87. The van der Waals surface area contributed by atoms with Gasteiger partial charge in [0.1, 0.15) is 5.75 Å². The number of nitrogens with one attached hydrogen (secondary N) is 1. The van der Waals surface area contributed by atoms with E-state index in [-0.39, 0.29) is 12.5 Å². The largest absolute Gasteiger partial charge is 0.484 e. The van der Waals surface area contributed by atoms with Crippen molar-refractivity contribution in [3.05, 3.63) is 28.2 Å². The van der Waals surface area contributed by atoms with Gasteiger partial charge in [-0.05, 0) is 50.1 Å². The summed E-state index contributed by atoms with van der Waals surface area (Å²) >= 11 is 3.50. The molecule has 5 heteroatoms. The second kappa shape index (κ2) is 7.64. The Bertz CT molecular complexity index is 459. The first-order chi connectivity index (χ1) is 9.70. The molecule has 1 aliphatic rings. The molecule has 0 atom stereocenters. The number of amides is 1. The predicted molar refractivity (Wildman–Crippen MR) is 82.8 cm³/mol. The summed E-state index contributed by atoms with van der Waals surface area (Å²) in [5, 5.41) is 3.11. The lowest BCUT2D eigenvalue weighted by atomic mass is 10.1. The predicted octanol–water partition coefficient (Wildman–Crippen LogP) is 2.56. The quantitative estimate of drug-likeness (QED) is 0.895. The van der Waals surface area contributed by atoms with Crippen LogP contribution in [0.4, 0.5) is 0 Å². The van der Waals surface area contributed by atoms with Crippen LogP contribution >= 0.6 is 15.9 Å². The first-order valence-electron chi connectivity index (χ1n) is 7.04. The van der Waals surface area contributed by atoms with E-state index in [0.29, 0.717) is 0 Å². The molecule has 0 unspecified atom stereocenters. The van der Waals surface area contributed by atoms with Gasteiger partial charge in [0.2, 0.25) is 0 Å². The summed E-state index contributed by atoms with van der Waals surface area (Å²) in [5.41, 5.74) is 1.12. The van der Waals surface area contributed by atoms with E-state index in [2.05, 4.69) is 21.2 Å². The molecule has 20 heavy (non-hydrogen) atoms. The first-order valence-corrected chi connectivity index (χ1v) is 7.83. The lowest BCUT2D eigenvalue weighted by molar-refractivity contribution is -0.134. The van der Waals surface area contributed by atoms with E-state index in [1.807, 2.05) is 30.1 Å². The number of hydrogen-bond acceptors (Lipinski definition) is 3. The summed E-state index contributed by atoms with van der Waals surface area (Å²) < 4.78 is 6.67. The van der Waals surface area contributed by atoms with Crippen LogP contribution in [0.1, 0.15) is 24.8 Å². The van der Waals surface area contributed by atoms with Gasteiger partial charge in [0.25, 0.3) is 5.91 Å². The number of likely N-dealkylation sites (tertiary alicyclic amines) is 1. The van der Waals surface area contributed by atoms with Crippen LogP contribution in [0.2, 0.25) is 0 Å². The van der Waals surface area contributed by atoms with E-state index in [1.165, 1.54) is 6.42 Å². The summed E-state index contributed by atoms with van der Waals surface area (Å²) in [4.78, 5) is 13.9. The lowest BCUT2D eigenvalue weighted by Gasteiger charge is -2.26. The van der Waals surface area contributed by atoms with Gasteiger partial charge < -0.3 is 15.0 Å². The molecule has 1 saturated heterocycles. The zero-order chi connectivity index (χ0) is 14.4. The number of halogens is 1. The highest BCUT2D eigenvalue weighted by atomic mass is 79.9. The summed E-state index contributed by atoms with van der Waals surface area (Å²) in [7, 11) is 1.90. The minimum atomic E-state index is 0.0859. The van der Waals surface area contributed by atoms with Gasteiger partial charge >= 0.3 is 0 Å². The molecule has 0 spiro atoms. The molecule has 2 rings (SSSR count). The minimum absolute atomic E-state index is 0.0859. The third kappa shape index (κ3) is 4.21. The highest BCUT2D eigenvalue weighted by Gasteiger charge is 2.16. The van der Waals surface area contributed by atoms with Crippen LogP contribution in [0.15, 0.2) is 22.7 Å². The van der Waals surface area contributed by atoms with Gasteiger partial charge in [0, 0.05) is 24.1 Å². The molecular formula is C15H21BrN2O2. The van der Waals surface area contributed by atoms with Crippen molar-refractivity contribution in [3.8, 4) is 5.75 Å². The molecule has 0 saturated carbocycles. The number of hydrogen-bond donors (Lipinski definition) is 1. The van der Waals surface area contributed by atoms with Gasteiger partial charge in [-0.15, -0.1) is 0 Å². The fraction of sp³-hybridized carbons (Fsp3) is 0.533. The van der Waals surface area contributed by atoms with Crippen molar-refractivity contribution >= 4 is 21.8 Å². The van der Waals surface area contributed by atoms with Gasteiger partial charge in [-0.2, -0.15) is 0 Å². The van der Waals surface area contributed by atoms with Gasteiger partial charge in [-0.3, -0.25) is 4.79 Å². The zero-order valence-corrected chi connectivity index (χ0v) is 13.4. The second-order valence-electron chi connectivity index (χ2n) is 5.01. The number of piperidine rings is 1. The fourth-order valence-corrected chi connectivity index (χ4v) is 2.73. The van der Waals surface area contributed by atoms with Gasteiger partial charge in [0.15, 0.2) is 6.61 Å². The highest BCUT2D eigenvalue weighted by Crippen LogP contribution is 2.22. The Hall–Kier alpha value is -1.07. The molecule has 1 aromatic carbocycles. The first kappa shape index (κ1) is 15.3. The monoisotopic (exact) mass is 340 g/mol. The van der Waals surface area contributed by atoms with E-state index in [4.69, 9.17) is 4.74 Å². The standard InChI is InChI=1S/C15H21BrN2O2/c1-17-10-12-9-13(5-6-14(12)16)20-11-15(19)18-7-3-2-4-8-18/h5-6,9,17H,2-4,7-8,10-11H2,1H3. The summed E-state index contributed by atoms with van der Waals surface area (Å²) in [6.07, 6.45) is 3.44. The zero-order valence-electron chi connectivity index (χ0n) is 11.8. The normalized spacial score (nSPS) is 15.2. The van der Waals surface area contributed by atoms with Crippen molar-refractivity contribution < 1.29 is 9.53 Å². The van der Waals surface area contributed by atoms with Crippen LogP contribution in [-0.4, -0.2) is 37.6 Å². The molecule has 110 valence electrons. The molecule has 0 radical (unpaired) electrons. The van der Waals surface area contributed by atoms with E-state index < -0.39 is 0 Å². The Balaban J connectivity index is 1.89. The van der Waals surface area contributed by atoms with Crippen LogP contribution in [0.5, 0.6) is 5.75 Å². The average molecular weight is 341 g/mol. The van der Waals surface area contributed by atoms with E-state index in [0.717, 1.165) is 48.3 Å². The minimum Gasteiger partial charge on any atom is -0.484 e. The number of benzene rings is 1. The molecule has 1 N–H and O–H groups in total. The third-order valence-electron chi connectivity index (χ3n) is 3.46. The molecule has 4 nitrogen and oxygen atoms in total. The van der Waals surface area contributed by atoms with Crippen molar-refractivity contribution in [2.45, 2.75) is 25.8 Å². The van der Waals surface area contributed by atoms with Crippen molar-refractivity contribution in [2.75, 3.05) is 26.7 Å². The van der Waals surface area contributed by atoms with Crippen LogP contribution in [-0.2, 0) is 11.3 Å². The number of carbonyl (C=O) groups excluding carboxylic acids is 1. The third-order valence-corrected chi connectivity index (χ3v) is 4.23. The fourth-order valence-electron chi connectivity index (χ4n) is 2.35. The smallest absolute Gasteiger partial charge is 0.260 e. The Morgan fingerprint density at radius 3 is 2.80 bits per heavy atom. The SMILES string of the molecule is CNCc1cc(OCC(=O)N2CCCCC2)ccc1Br. The van der Waals surface area contributed by atoms with Gasteiger partial charge in [-0.25, -0.2) is 0 Å². The summed E-state index contributed by atoms with van der Waals surface area (Å²) in [6.45, 7) is 2.62. The Labute approximate surface area is 128 Å². The number of rotatable bonds is 5. The molecule has 0 bridgehead atoms. The Morgan fingerprint density at radius 2 is 2.10 bits per heavy atom. The molecule has 1 aliphatic heterocycles. The maximum absolute atomic E-state index is 12.0. The molecule has 0 aromatic heterocycles. The average Bonchev–Trinajstić information content (AvgIpc) is 2.49. The summed E-state index contributed by atoms with van der Waals surface area (Å²) in [6, 6.07) is 5.80. The summed E-state index contributed by atoms with van der Waals surface area (Å²) in [5.74, 6) is 0.826. The Morgan fingerprint density at radius 1 is 1.35 bits per heavy atom. The maximum Gasteiger partial charge on any atom is 0.260 e. The van der Waals surface area contributed by atoms with Gasteiger partial charge in [0.05, 0.1) is 0 Å². The molecule has 0 aliphatic carbocycles. The van der Waals surface area contributed by atoms with Crippen LogP contribution in [0.25, 0.3) is 0 Å². The number of nitrogens with zero attached hydrogens (tertiary/aromatic N) is 1.